The van der Waals surface area contributed by atoms with Crippen LogP contribution in [0, 0.1) is 13.8 Å². The van der Waals surface area contributed by atoms with Crippen molar-refractivity contribution in [3.8, 4) is 0 Å². The van der Waals surface area contributed by atoms with Crippen LogP contribution in [0.25, 0.3) is 0 Å². The number of nitrogens with zero attached hydrogens (tertiary/aromatic N) is 1. The molecule has 1 aromatic carbocycles. The van der Waals surface area contributed by atoms with Gasteiger partial charge >= 0.3 is 11.9 Å². The van der Waals surface area contributed by atoms with E-state index in [2.05, 4.69) is 10.1 Å². The number of Topliss-reactive ketones (excluding diaryl/α,β-unsaturated/α-hetero) is 1. The molecule has 0 unspecified atom stereocenters. The molecule has 154 valence electrons. The maximum absolute atomic E-state index is 12.5. The maximum Gasteiger partial charge on any atom is 0.338 e. The molecule has 8 nitrogen and oxygen atoms in total. The average molecular weight is 400 g/mol. The molecule has 8 heteroatoms. The number of amides is 1. The minimum Gasteiger partial charge on any atom is -0.469 e. The lowest BCUT2D eigenvalue weighted by Gasteiger charge is -2.09. The molecule has 2 rings (SSSR count). The Morgan fingerprint density at radius 2 is 1.72 bits per heavy atom. The molecule has 0 aliphatic rings. The van der Waals surface area contributed by atoms with E-state index in [0.29, 0.717) is 23.5 Å². The molecule has 29 heavy (non-hydrogen) atoms. The van der Waals surface area contributed by atoms with Crippen molar-refractivity contribution in [1.29, 1.82) is 0 Å². The molecule has 0 bridgehead atoms. The number of anilines is 1. The van der Waals surface area contributed by atoms with Crippen LogP contribution < -0.4 is 5.32 Å². The average Bonchev–Trinajstić information content (AvgIpc) is 2.97. The van der Waals surface area contributed by atoms with Gasteiger partial charge < -0.3 is 19.4 Å². The number of ketones is 1. The van der Waals surface area contributed by atoms with Gasteiger partial charge in [-0.3, -0.25) is 14.4 Å². The second kappa shape index (κ2) is 9.68. The van der Waals surface area contributed by atoms with Gasteiger partial charge in [-0.2, -0.15) is 0 Å². The molecule has 1 aromatic heterocycles. The van der Waals surface area contributed by atoms with Crippen LogP contribution in [0.2, 0.25) is 0 Å². The normalized spacial score (nSPS) is 10.3. The van der Waals surface area contributed by atoms with Gasteiger partial charge in [0.05, 0.1) is 19.1 Å². The summed E-state index contributed by atoms with van der Waals surface area (Å²) < 4.78 is 11.6. The first-order valence-corrected chi connectivity index (χ1v) is 9.04. The summed E-state index contributed by atoms with van der Waals surface area (Å²) >= 11 is 0. The Balaban J connectivity index is 1.99. The third-order valence-electron chi connectivity index (χ3n) is 4.42. The number of rotatable bonds is 8. The fourth-order valence-corrected chi connectivity index (χ4v) is 2.92. The Labute approximate surface area is 168 Å². The number of methoxy groups -OCH3 is 1. The molecule has 0 saturated heterocycles. The first kappa shape index (κ1) is 21.9. The van der Waals surface area contributed by atoms with Crippen molar-refractivity contribution in [2.75, 3.05) is 19.0 Å². The number of aryl methyl sites for hydroxylation is 1. The number of hydrogen-bond acceptors (Lipinski definition) is 6. The van der Waals surface area contributed by atoms with Crippen LogP contribution in [0.15, 0.2) is 30.3 Å². The fourth-order valence-electron chi connectivity index (χ4n) is 2.92. The largest absolute Gasteiger partial charge is 0.469 e. The van der Waals surface area contributed by atoms with Crippen molar-refractivity contribution in [2.45, 2.75) is 33.7 Å². The van der Waals surface area contributed by atoms with Crippen molar-refractivity contribution in [1.82, 2.24) is 4.57 Å². The number of ether oxygens (including phenoxy) is 2. The summed E-state index contributed by atoms with van der Waals surface area (Å²) in [5.41, 5.74) is 2.81. The van der Waals surface area contributed by atoms with E-state index in [0.717, 1.165) is 5.69 Å². The topological polar surface area (TPSA) is 104 Å². The molecule has 0 saturated carbocycles. The van der Waals surface area contributed by atoms with Gasteiger partial charge in [-0.25, -0.2) is 4.79 Å². The Bertz CT molecular complexity index is 927. The Morgan fingerprint density at radius 1 is 1.07 bits per heavy atom. The summed E-state index contributed by atoms with van der Waals surface area (Å²) in [6, 6.07) is 7.89. The predicted molar refractivity (Wildman–Crippen MR) is 106 cm³/mol. The van der Waals surface area contributed by atoms with E-state index < -0.39 is 12.6 Å². The number of hydrogen-bond donors (Lipinski definition) is 1. The van der Waals surface area contributed by atoms with Gasteiger partial charge in [-0.05, 0) is 44.2 Å². The molecule has 1 amide bonds. The van der Waals surface area contributed by atoms with E-state index in [1.54, 1.807) is 25.1 Å². The number of nitrogens with one attached hydrogen (secondary N) is 1. The lowest BCUT2D eigenvalue weighted by atomic mass is 10.1. The van der Waals surface area contributed by atoms with Crippen LogP contribution in [-0.4, -0.2) is 41.9 Å². The van der Waals surface area contributed by atoms with E-state index in [9.17, 15) is 19.2 Å². The number of carbonyl (C=O) groups is 4. The number of carbonyl (C=O) groups excluding carboxylic acids is 4. The second-order valence-electron chi connectivity index (χ2n) is 6.52. The van der Waals surface area contributed by atoms with Gasteiger partial charge in [0.25, 0.3) is 0 Å². The zero-order chi connectivity index (χ0) is 21.6. The van der Waals surface area contributed by atoms with Crippen LogP contribution in [0.3, 0.4) is 0 Å². The molecule has 1 N–H and O–H groups in total. The summed E-state index contributed by atoms with van der Waals surface area (Å²) in [5, 5.41) is 2.60. The Morgan fingerprint density at radius 3 is 2.31 bits per heavy atom. The summed E-state index contributed by atoms with van der Waals surface area (Å²) in [7, 11) is 1.33. The number of benzene rings is 1. The lowest BCUT2D eigenvalue weighted by Crippen LogP contribution is -2.15. The highest BCUT2D eigenvalue weighted by atomic mass is 16.5. The molecular weight excluding hydrogens is 376 g/mol. The van der Waals surface area contributed by atoms with Crippen LogP contribution in [-0.2, 0) is 25.6 Å². The van der Waals surface area contributed by atoms with Crippen molar-refractivity contribution >= 4 is 29.3 Å². The molecular formula is C21H24N2O6. The summed E-state index contributed by atoms with van der Waals surface area (Å²) in [4.78, 5) is 47.0. The van der Waals surface area contributed by atoms with Crippen molar-refractivity contribution < 1.29 is 28.7 Å². The highest BCUT2D eigenvalue weighted by Gasteiger charge is 2.18. The van der Waals surface area contributed by atoms with E-state index >= 15 is 0 Å². The SMILES string of the molecule is COC(=O)CCn1c(C)cc(C(=O)COC(=O)c2ccc(NC(C)=O)cc2)c1C. The summed E-state index contributed by atoms with van der Waals surface area (Å²) in [6.07, 6.45) is 0.198. The third-order valence-corrected chi connectivity index (χ3v) is 4.42. The van der Waals surface area contributed by atoms with Gasteiger partial charge in [-0.1, -0.05) is 0 Å². The van der Waals surface area contributed by atoms with Gasteiger partial charge in [0.2, 0.25) is 11.7 Å². The quantitative estimate of drug-likeness (QED) is 0.540. The van der Waals surface area contributed by atoms with Gasteiger partial charge in [0.1, 0.15) is 0 Å². The molecule has 0 atom stereocenters. The highest BCUT2D eigenvalue weighted by Crippen LogP contribution is 2.17. The highest BCUT2D eigenvalue weighted by molar-refractivity contribution is 6.00. The van der Waals surface area contributed by atoms with Gasteiger partial charge in [-0.15, -0.1) is 0 Å². The molecule has 0 fully saturated rings. The molecule has 0 radical (unpaired) electrons. The maximum atomic E-state index is 12.5. The van der Waals surface area contributed by atoms with Gasteiger partial charge in [0, 0.05) is 36.1 Å². The first-order chi connectivity index (χ1) is 13.7. The van der Waals surface area contributed by atoms with Crippen LogP contribution >= 0.6 is 0 Å². The van der Waals surface area contributed by atoms with Gasteiger partial charge in [0.15, 0.2) is 6.61 Å². The van der Waals surface area contributed by atoms with Crippen LogP contribution in [0.5, 0.6) is 0 Å². The van der Waals surface area contributed by atoms with Crippen LogP contribution in [0.4, 0.5) is 5.69 Å². The van der Waals surface area contributed by atoms with Crippen LogP contribution in [0.1, 0.15) is 45.4 Å². The van der Waals surface area contributed by atoms with E-state index in [-0.39, 0.29) is 29.6 Å². The summed E-state index contributed by atoms with van der Waals surface area (Å²) in [5.74, 6) is -1.50. The molecule has 2 aromatic rings. The zero-order valence-electron chi connectivity index (χ0n) is 16.9. The number of esters is 2. The van der Waals surface area contributed by atoms with E-state index in [1.807, 2.05) is 11.5 Å². The van der Waals surface area contributed by atoms with Crippen molar-refractivity contribution in [3.05, 3.63) is 52.8 Å². The monoisotopic (exact) mass is 400 g/mol. The second-order valence-corrected chi connectivity index (χ2v) is 6.52. The Kier molecular flexibility index (Phi) is 7.30. The number of aromatic nitrogens is 1. The first-order valence-electron chi connectivity index (χ1n) is 9.04. The zero-order valence-corrected chi connectivity index (χ0v) is 16.9. The minimum absolute atomic E-state index is 0.198. The predicted octanol–water partition coefficient (Wildman–Crippen LogP) is 2.67. The third kappa shape index (κ3) is 5.78. The molecule has 0 aliphatic heterocycles. The molecule has 0 spiro atoms. The summed E-state index contributed by atoms with van der Waals surface area (Å²) in [6.45, 7) is 5.01. The van der Waals surface area contributed by atoms with Crippen molar-refractivity contribution in [3.63, 3.8) is 0 Å². The van der Waals surface area contributed by atoms with E-state index in [1.165, 1.54) is 26.2 Å². The standard InChI is InChI=1S/C21H24N2O6/c1-13-11-18(14(2)23(13)10-9-20(26)28-4)19(25)12-29-21(27)16-5-7-17(8-6-16)22-15(3)24/h5-8,11H,9-10,12H2,1-4H3,(H,22,24). The lowest BCUT2D eigenvalue weighted by molar-refractivity contribution is -0.140. The molecule has 0 aliphatic carbocycles. The minimum atomic E-state index is -0.632. The Hall–Kier alpha value is -3.42. The fraction of sp³-hybridized carbons (Fsp3) is 0.333. The smallest absolute Gasteiger partial charge is 0.338 e. The van der Waals surface area contributed by atoms with Crippen molar-refractivity contribution in [2.24, 2.45) is 0 Å². The van der Waals surface area contributed by atoms with E-state index in [4.69, 9.17) is 4.74 Å². The molecule has 1 heterocycles.